The fourth-order valence-electron chi connectivity index (χ4n) is 6.21. The lowest BCUT2D eigenvalue weighted by Crippen LogP contribution is -2.43. The zero-order chi connectivity index (χ0) is 29.9. The van der Waals surface area contributed by atoms with E-state index in [9.17, 15) is 27.9 Å². The summed E-state index contributed by atoms with van der Waals surface area (Å²) in [5.74, 6) is -1.34. The molecule has 4 heterocycles. The topological polar surface area (TPSA) is 108 Å². The van der Waals surface area contributed by atoms with Crippen molar-refractivity contribution in [3.63, 3.8) is 0 Å². The maximum atomic E-state index is 14.0. The molecule has 13 heteroatoms. The van der Waals surface area contributed by atoms with E-state index in [4.69, 9.17) is 10.8 Å². The molecule has 230 valence electrons. The van der Waals surface area contributed by atoms with E-state index in [1.165, 1.54) is 35.2 Å². The molecule has 5 rings (SSSR count). The number of piperidine rings is 1. The summed E-state index contributed by atoms with van der Waals surface area (Å²) in [5.41, 5.74) is 6.99. The average molecular weight is 609 g/mol. The van der Waals surface area contributed by atoms with Crippen molar-refractivity contribution < 1.29 is 27.9 Å². The molecule has 0 aliphatic carbocycles. The Bertz CT molecular complexity index is 1270. The van der Waals surface area contributed by atoms with Gasteiger partial charge in [0.1, 0.15) is 0 Å². The number of aliphatic hydroxyl groups excluding tert-OH is 1. The van der Waals surface area contributed by atoms with Crippen LogP contribution in [0.3, 0.4) is 0 Å². The number of alkyl halides is 3. The molecular weight excluding hydrogens is 569 g/mol. The van der Waals surface area contributed by atoms with E-state index in [1.807, 2.05) is 0 Å². The summed E-state index contributed by atoms with van der Waals surface area (Å²) < 4.78 is 43.7. The Morgan fingerprint density at radius 3 is 2.38 bits per heavy atom. The molecule has 1 aromatic heterocycles. The lowest BCUT2D eigenvalue weighted by Gasteiger charge is -2.29. The SMILES string of the molecule is NC(=O)C(=O)N1CCc2c(c(-c3ccc(C(F)(F)F)c(SCCN4CCCC4)c3)nn2C[C@H](O)CN2CCCCC2)C1. The Hall–Kier alpha value is -2.61. The minimum atomic E-state index is -4.50. The molecule has 1 aromatic carbocycles. The number of nitrogens with zero attached hydrogens (tertiary/aromatic N) is 5. The van der Waals surface area contributed by atoms with Gasteiger partial charge in [0.25, 0.3) is 0 Å². The van der Waals surface area contributed by atoms with Crippen LogP contribution in [0, 0.1) is 0 Å². The van der Waals surface area contributed by atoms with Crippen LogP contribution in [0.15, 0.2) is 23.1 Å². The summed E-state index contributed by atoms with van der Waals surface area (Å²) in [4.78, 5) is 30.1. The number of β-amino-alcohol motifs (C(OH)–C–C–N with tert-alkyl or cyclic N) is 1. The third-order valence-electron chi connectivity index (χ3n) is 8.36. The smallest absolute Gasteiger partial charge is 0.390 e. The number of carbonyl (C=O) groups excluding carboxylic acids is 2. The van der Waals surface area contributed by atoms with E-state index < -0.39 is 29.7 Å². The predicted molar refractivity (Wildman–Crippen MR) is 154 cm³/mol. The second-order valence-electron chi connectivity index (χ2n) is 11.4. The number of rotatable bonds is 9. The standard InChI is InChI=1S/C29H39F3N6O3S/c30-29(31,32)23-7-6-20(16-25(23)42-15-14-35-9-4-5-10-35)26-22-19-37(28(41)27(33)40)13-8-24(22)38(34-26)18-21(39)17-36-11-2-1-3-12-36/h6-7,16,21,39H,1-5,8-15,17-19H2,(H2,33,40)/t21-/m1/s1. The summed E-state index contributed by atoms with van der Waals surface area (Å²) in [5, 5.41) is 15.7. The molecule has 2 amide bonds. The van der Waals surface area contributed by atoms with Crippen LogP contribution in [0.1, 0.15) is 48.9 Å². The second-order valence-corrected chi connectivity index (χ2v) is 12.6. The van der Waals surface area contributed by atoms with Crippen molar-refractivity contribution in [2.24, 2.45) is 5.73 Å². The van der Waals surface area contributed by atoms with Gasteiger partial charge in [0.05, 0.1) is 30.5 Å². The highest BCUT2D eigenvalue weighted by atomic mass is 32.2. The molecule has 3 aliphatic heterocycles. The van der Waals surface area contributed by atoms with Crippen molar-refractivity contribution in [2.45, 2.75) is 68.8 Å². The van der Waals surface area contributed by atoms with Gasteiger partial charge in [-0.3, -0.25) is 14.3 Å². The molecule has 0 radical (unpaired) electrons. The average Bonchev–Trinajstić information content (AvgIpc) is 3.60. The number of carbonyl (C=O) groups is 2. The highest BCUT2D eigenvalue weighted by Gasteiger charge is 2.35. The number of nitrogens with two attached hydrogens (primary N) is 1. The normalized spacial score (nSPS) is 19.2. The minimum absolute atomic E-state index is 0.0626. The van der Waals surface area contributed by atoms with Gasteiger partial charge in [-0.2, -0.15) is 18.3 Å². The number of halogens is 3. The molecule has 1 atom stereocenters. The minimum Gasteiger partial charge on any atom is -0.390 e. The van der Waals surface area contributed by atoms with Crippen LogP contribution < -0.4 is 5.73 Å². The van der Waals surface area contributed by atoms with E-state index in [0.717, 1.165) is 70.2 Å². The number of amides is 2. The molecule has 3 aliphatic rings. The van der Waals surface area contributed by atoms with Gasteiger partial charge in [0, 0.05) is 53.5 Å². The maximum Gasteiger partial charge on any atom is 0.417 e. The largest absolute Gasteiger partial charge is 0.417 e. The van der Waals surface area contributed by atoms with Crippen molar-refractivity contribution in [3.8, 4) is 11.3 Å². The molecule has 9 nitrogen and oxygen atoms in total. The van der Waals surface area contributed by atoms with Gasteiger partial charge in [-0.15, -0.1) is 11.8 Å². The van der Waals surface area contributed by atoms with E-state index in [2.05, 4.69) is 9.80 Å². The zero-order valence-electron chi connectivity index (χ0n) is 23.7. The highest BCUT2D eigenvalue weighted by molar-refractivity contribution is 7.99. The van der Waals surface area contributed by atoms with Crippen molar-refractivity contribution >= 4 is 23.6 Å². The summed E-state index contributed by atoms with van der Waals surface area (Å²) in [6, 6.07) is 4.04. The molecular formula is C29H39F3N6O3S. The van der Waals surface area contributed by atoms with Gasteiger partial charge < -0.3 is 25.5 Å². The highest BCUT2D eigenvalue weighted by Crippen LogP contribution is 2.40. The number of hydrogen-bond acceptors (Lipinski definition) is 7. The fraction of sp³-hybridized carbons (Fsp3) is 0.621. The first-order chi connectivity index (χ1) is 20.1. The van der Waals surface area contributed by atoms with Gasteiger partial charge in [-0.25, -0.2) is 0 Å². The Morgan fingerprint density at radius 1 is 1.00 bits per heavy atom. The molecule has 0 unspecified atom stereocenters. The van der Waals surface area contributed by atoms with Gasteiger partial charge >= 0.3 is 18.0 Å². The lowest BCUT2D eigenvalue weighted by atomic mass is 9.99. The van der Waals surface area contributed by atoms with Crippen molar-refractivity contribution in [3.05, 3.63) is 35.0 Å². The quantitative estimate of drug-likeness (QED) is 0.333. The van der Waals surface area contributed by atoms with Crippen LogP contribution in [0.2, 0.25) is 0 Å². The maximum absolute atomic E-state index is 14.0. The van der Waals surface area contributed by atoms with Crippen LogP contribution in [-0.2, 0) is 35.3 Å². The summed E-state index contributed by atoms with van der Waals surface area (Å²) in [6.45, 7) is 5.59. The molecule has 2 saturated heterocycles. The van der Waals surface area contributed by atoms with Crippen LogP contribution in [0.5, 0.6) is 0 Å². The van der Waals surface area contributed by atoms with E-state index in [0.29, 0.717) is 35.5 Å². The van der Waals surface area contributed by atoms with Gasteiger partial charge in [-0.05, 0) is 64.0 Å². The molecule has 42 heavy (non-hydrogen) atoms. The third-order valence-corrected chi connectivity index (χ3v) is 9.39. The Balaban J connectivity index is 1.45. The predicted octanol–water partition coefficient (Wildman–Crippen LogP) is 2.97. The molecule has 2 fully saturated rings. The van der Waals surface area contributed by atoms with Crippen molar-refractivity contribution in [1.29, 1.82) is 0 Å². The number of likely N-dealkylation sites (tertiary alicyclic amines) is 2. The third kappa shape index (κ3) is 7.29. The number of fused-ring (bicyclic) bond motifs is 1. The summed E-state index contributed by atoms with van der Waals surface area (Å²) in [7, 11) is 0. The number of thioether (sulfide) groups is 1. The summed E-state index contributed by atoms with van der Waals surface area (Å²) >= 11 is 1.19. The number of hydrogen-bond donors (Lipinski definition) is 2. The van der Waals surface area contributed by atoms with Gasteiger partial charge in [0.15, 0.2) is 0 Å². The molecule has 0 spiro atoms. The lowest BCUT2D eigenvalue weighted by molar-refractivity contribution is -0.144. The first kappa shape index (κ1) is 30.8. The zero-order valence-corrected chi connectivity index (χ0v) is 24.6. The number of aliphatic hydroxyl groups is 1. The number of primary amides is 1. The Morgan fingerprint density at radius 2 is 1.69 bits per heavy atom. The Kier molecular flexibility index (Phi) is 9.81. The first-order valence-corrected chi connectivity index (χ1v) is 15.7. The van der Waals surface area contributed by atoms with Crippen molar-refractivity contribution in [2.75, 3.05) is 51.6 Å². The second kappa shape index (κ2) is 13.4. The van der Waals surface area contributed by atoms with Gasteiger partial charge in [0.2, 0.25) is 0 Å². The number of aromatic nitrogens is 2. The van der Waals surface area contributed by atoms with Crippen LogP contribution in [0.4, 0.5) is 13.2 Å². The van der Waals surface area contributed by atoms with Crippen molar-refractivity contribution in [1.82, 2.24) is 24.5 Å². The monoisotopic (exact) mass is 608 g/mol. The van der Waals surface area contributed by atoms with Crippen LogP contribution >= 0.6 is 11.8 Å². The molecule has 0 saturated carbocycles. The van der Waals surface area contributed by atoms with Crippen LogP contribution in [0.25, 0.3) is 11.3 Å². The van der Waals surface area contributed by atoms with E-state index in [1.54, 1.807) is 4.68 Å². The van der Waals surface area contributed by atoms with E-state index in [-0.39, 0.29) is 24.5 Å². The Labute approximate surface area is 248 Å². The summed E-state index contributed by atoms with van der Waals surface area (Å²) in [6.07, 6.45) is 0.817. The van der Waals surface area contributed by atoms with E-state index >= 15 is 0 Å². The molecule has 2 aromatic rings. The molecule has 3 N–H and O–H groups in total. The van der Waals surface area contributed by atoms with Gasteiger partial charge in [-0.1, -0.05) is 12.5 Å². The van der Waals surface area contributed by atoms with Crippen LogP contribution in [-0.4, -0.2) is 99.1 Å². The number of benzene rings is 1. The molecule has 0 bridgehead atoms. The first-order valence-electron chi connectivity index (χ1n) is 14.7. The fourth-order valence-corrected chi connectivity index (χ4v) is 7.33.